The summed E-state index contributed by atoms with van der Waals surface area (Å²) >= 11 is 0. The van der Waals surface area contributed by atoms with Crippen LogP contribution in [0.2, 0.25) is 0 Å². The lowest BCUT2D eigenvalue weighted by molar-refractivity contribution is -0.167. The summed E-state index contributed by atoms with van der Waals surface area (Å²) in [7, 11) is 0. The number of allylic oxidation sites excluding steroid dienone is 4. The van der Waals surface area contributed by atoms with E-state index in [2.05, 4.69) is 45.1 Å². The SMILES string of the molecule is CCCC/C=C\C/C=C\CCCCCCCC(=O)OCC(COC(=O)CCCCCCCCCCCCCCCCCCCCCCCCC)OC(=O)CCCCCCCCCCCCCCCCCCCCCCCC. The van der Waals surface area contributed by atoms with E-state index in [0.717, 1.165) is 77.0 Å². The molecule has 0 aromatic carbocycles. The van der Waals surface area contributed by atoms with E-state index in [1.807, 2.05) is 0 Å². The van der Waals surface area contributed by atoms with E-state index in [0.29, 0.717) is 19.3 Å². The van der Waals surface area contributed by atoms with Crippen LogP contribution in [0.5, 0.6) is 0 Å². The van der Waals surface area contributed by atoms with Crippen molar-refractivity contribution in [3.8, 4) is 0 Å². The third-order valence-electron chi connectivity index (χ3n) is 16.0. The summed E-state index contributed by atoms with van der Waals surface area (Å²) in [5.41, 5.74) is 0. The van der Waals surface area contributed by atoms with Crippen LogP contribution in [0.1, 0.15) is 393 Å². The molecule has 77 heavy (non-hydrogen) atoms. The molecule has 0 bridgehead atoms. The van der Waals surface area contributed by atoms with Crippen molar-refractivity contribution in [1.82, 2.24) is 0 Å². The van der Waals surface area contributed by atoms with Gasteiger partial charge in [0.15, 0.2) is 6.10 Å². The summed E-state index contributed by atoms with van der Waals surface area (Å²) in [6.45, 7) is 6.67. The molecule has 0 aromatic rings. The van der Waals surface area contributed by atoms with Crippen molar-refractivity contribution in [3.05, 3.63) is 24.3 Å². The Kier molecular flexibility index (Phi) is 64.6. The van der Waals surface area contributed by atoms with E-state index >= 15 is 0 Å². The predicted molar refractivity (Wildman–Crippen MR) is 335 cm³/mol. The number of rotatable bonds is 65. The Hall–Kier alpha value is -2.11. The predicted octanol–water partition coefficient (Wildman–Crippen LogP) is 23.8. The lowest BCUT2D eigenvalue weighted by Gasteiger charge is -2.18. The van der Waals surface area contributed by atoms with Crippen molar-refractivity contribution < 1.29 is 28.6 Å². The van der Waals surface area contributed by atoms with Gasteiger partial charge in [-0.25, -0.2) is 0 Å². The minimum atomic E-state index is -0.774. The first-order valence-electron chi connectivity index (χ1n) is 34.8. The van der Waals surface area contributed by atoms with Crippen LogP contribution in [0.15, 0.2) is 24.3 Å². The highest BCUT2D eigenvalue weighted by Gasteiger charge is 2.19. The molecule has 0 rings (SSSR count). The molecule has 0 aromatic heterocycles. The molecule has 0 aliphatic rings. The average Bonchev–Trinajstić information content (AvgIpc) is 3.43. The smallest absolute Gasteiger partial charge is 0.306 e. The normalized spacial score (nSPS) is 12.1. The number of carbonyl (C=O) groups is 3. The van der Waals surface area contributed by atoms with Crippen LogP contribution >= 0.6 is 0 Å². The van der Waals surface area contributed by atoms with E-state index in [-0.39, 0.29) is 31.1 Å². The molecule has 1 unspecified atom stereocenters. The zero-order chi connectivity index (χ0) is 55.7. The number of carbonyl (C=O) groups excluding carboxylic acids is 3. The Bertz CT molecular complexity index is 1240. The van der Waals surface area contributed by atoms with Crippen LogP contribution < -0.4 is 0 Å². The summed E-state index contributed by atoms with van der Waals surface area (Å²) in [5.74, 6) is -0.851. The Morgan fingerprint density at radius 2 is 0.481 bits per heavy atom. The van der Waals surface area contributed by atoms with Gasteiger partial charge in [-0.15, -0.1) is 0 Å². The van der Waals surface area contributed by atoms with Crippen molar-refractivity contribution in [3.63, 3.8) is 0 Å². The van der Waals surface area contributed by atoms with Gasteiger partial charge in [0.2, 0.25) is 0 Å². The third kappa shape index (κ3) is 64.6. The number of hydrogen-bond acceptors (Lipinski definition) is 6. The number of unbranched alkanes of at least 4 members (excludes halogenated alkanes) is 50. The zero-order valence-electron chi connectivity index (χ0n) is 52.3. The van der Waals surface area contributed by atoms with Gasteiger partial charge in [0, 0.05) is 19.3 Å². The molecule has 0 saturated heterocycles. The Labute approximate surface area is 481 Å². The monoisotopic (exact) mass is 1080 g/mol. The van der Waals surface area contributed by atoms with Gasteiger partial charge in [0.1, 0.15) is 13.2 Å². The van der Waals surface area contributed by atoms with E-state index in [4.69, 9.17) is 14.2 Å². The van der Waals surface area contributed by atoms with Crippen molar-refractivity contribution in [2.45, 2.75) is 399 Å². The van der Waals surface area contributed by atoms with Gasteiger partial charge >= 0.3 is 17.9 Å². The topological polar surface area (TPSA) is 78.9 Å². The first-order chi connectivity index (χ1) is 38.0. The van der Waals surface area contributed by atoms with Crippen molar-refractivity contribution in [2.24, 2.45) is 0 Å². The van der Waals surface area contributed by atoms with Crippen LogP contribution in [0.4, 0.5) is 0 Å². The molecular formula is C71H134O6. The van der Waals surface area contributed by atoms with Gasteiger partial charge in [-0.1, -0.05) is 353 Å². The number of ether oxygens (including phenoxy) is 3. The van der Waals surface area contributed by atoms with Gasteiger partial charge in [-0.2, -0.15) is 0 Å². The van der Waals surface area contributed by atoms with Crippen LogP contribution in [0.25, 0.3) is 0 Å². The van der Waals surface area contributed by atoms with E-state index in [1.165, 1.54) is 276 Å². The van der Waals surface area contributed by atoms with Gasteiger partial charge in [-0.3, -0.25) is 14.4 Å². The third-order valence-corrected chi connectivity index (χ3v) is 16.0. The van der Waals surface area contributed by atoms with E-state index < -0.39 is 6.10 Å². The van der Waals surface area contributed by atoms with E-state index in [9.17, 15) is 14.4 Å². The molecule has 0 N–H and O–H groups in total. The Morgan fingerprint density at radius 3 is 0.753 bits per heavy atom. The molecule has 454 valence electrons. The summed E-state index contributed by atoms with van der Waals surface area (Å²) in [4.78, 5) is 38.4. The molecule has 1 atom stereocenters. The maximum atomic E-state index is 12.9. The molecule has 0 radical (unpaired) electrons. The van der Waals surface area contributed by atoms with Gasteiger partial charge in [0.05, 0.1) is 0 Å². The second kappa shape index (κ2) is 66.4. The molecule has 0 fully saturated rings. The fourth-order valence-electron chi connectivity index (χ4n) is 10.7. The van der Waals surface area contributed by atoms with Gasteiger partial charge < -0.3 is 14.2 Å². The minimum Gasteiger partial charge on any atom is -0.462 e. The van der Waals surface area contributed by atoms with Crippen LogP contribution in [0, 0.1) is 0 Å². The number of esters is 3. The summed E-state index contributed by atoms with van der Waals surface area (Å²) in [6.07, 6.45) is 80.6. The fraction of sp³-hybridized carbons (Fsp3) is 0.901. The Morgan fingerprint density at radius 1 is 0.260 bits per heavy atom. The molecular weight excluding hydrogens is 949 g/mol. The van der Waals surface area contributed by atoms with Crippen molar-refractivity contribution >= 4 is 17.9 Å². The highest BCUT2D eigenvalue weighted by molar-refractivity contribution is 5.71. The molecule has 6 heteroatoms. The first-order valence-corrected chi connectivity index (χ1v) is 34.8. The van der Waals surface area contributed by atoms with Gasteiger partial charge in [0.25, 0.3) is 0 Å². The minimum absolute atomic E-state index is 0.0693. The highest BCUT2D eigenvalue weighted by atomic mass is 16.6. The summed E-state index contributed by atoms with van der Waals surface area (Å²) in [5, 5.41) is 0. The average molecular weight is 1080 g/mol. The van der Waals surface area contributed by atoms with Crippen LogP contribution in [-0.2, 0) is 28.6 Å². The van der Waals surface area contributed by atoms with Gasteiger partial charge in [-0.05, 0) is 44.9 Å². The maximum Gasteiger partial charge on any atom is 0.306 e. The largest absolute Gasteiger partial charge is 0.462 e. The molecule has 0 amide bonds. The van der Waals surface area contributed by atoms with Crippen molar-refractivity contribution in [1.29, 1.82) is 0 Å². The summed E-state index contributed by atoms with van der Waals surface area (Å²) < 4.78 is 17.0. The van der Waals surface area contributed by atoms with Crippen LogP contribution in [-0.4, -0.2) is 37.2 Å². The first kappa shape index (κ1) is 74.9. The molecule has 0 aliphatic carbocycles. The van der Waals surface area contributed by atoms with Crippen LogP contribution in [0.3, 0.4) is 0 Å². The molecule has 6 nitrogen and oxygen atoms in total. The second-order valence-electron chi connectivity index (χ2n) is 23.8. The molecule has 0 saturated carbocycles. The second-order valence-corrected chi connectivity index (χ2v) is 23.8. The quantitative estimate of drug-likeness (QED) is 0.0261. The Balaban J connectivity index is 4.25. The summed E-state index contributed by atoms with van der Waals surface area (Å²) in [6, 6.07) is 0. The lowest BCUT2D eigenvalue weighted by atomic mass is 10.0. The number of hydrogen-bond donors (Lipinski definition) is 0. The molecule has 0 aliphatic heterocycles. The molecule has 0 heterocycles. The lowest BCUT2D eigenvalue weighted by Crippen LogP contribution is -2.30. The maximum absolute atomic E-state index is 12.9. The fourth-order valence-corrected chi connectivity index (χ4v) is 10.7. The standard InChI is InChI=1S/C71H134O6/c1-4-7-10-13-16-19-22-25-28-30-32-34-36-38-39-41-43-46-49-52-55-58-61-64-70(73)76-67-68(66-75-69(72)63-60-57-54-51-48-45-27-24-21-18-15-12-9-6-3)77-71(74)65-62-59-56-53-50-47-44-42-40-37-35-33-31-29-26-23-20-17-14-11-8-5-2/h15,18,24,27,68H,4-14,16-17,19-23,25-26,28-67H2,1-3H3/b18-15-,27-24-. The molecule has 0 spiro atoms. The zero-order valence-corrected chi connectivity index (χ0v) is 52.3. The highest BCUT2D eigenvalue weighted by Crippen LogP contribution is 2.19. The van der Waals surface area contributed by atoms with E-state index in [1.54, 1.807) is 0 Å². The van der Waals surface area contributed by atoms with Crippen molar-refractivity contribution in [2.75, 3.05) is 13.2 Å².